The molecular formula is C15H18N4O. The summed E-state index contributed by atoms with van der Waals surface area (Å²) in [6.45, 7) is 6.09. The van der Waals surface area contributed by atoms with E-state index in [1.54, 1.807) is 12.3 Å². The highest BCUT2D eigenvalue weighted by Crippen LogP contribution is 2.11. The van der Waals surface area contributed by atoms with Crippen LogP contribution in [0.25, 0.3) is 0 Å². The Morgan fingerprint density at radius 2 is 2.05 bits per heavy atom. The third kappa shape index (κ3) is 3.54. The fraction of sp³-hybridized carbons (Fsp3) is 0.267. The van der Waals surface area contributed by atoms with Gasteiger partial charge in [-0.15, -0.1) is 0 Å². The van der Waals surface area contributed by atoms with Crippen molar-refractivity contribution < 1.29 is 4.79 Å². The summed E-state index contributed by atoms with van der Waals surface area (Å²) in [6, 6.07) is 9.60. The van der Waals surface area contributed by atoms with Crippen LogP contribution in [0.4, 0.5) is 0 Å². The van der Waals surface area contributed by atoms with Crippen molar-refractivity contribution in [2.24, 2.45) is 5.10 Å². The number of hydrogen-bond acceptors (Lipinski definition) is 3. The Bertz CT molecular complexity index is 611. The minimum Gasteiger partial charge on any atom is -0.282 e. The van der Waals surface area contributed by atoms with Crippen molar-refractivity contribution in [1.29, 1.82) is 0 Å². The second-order valence-electron chi connectivity index (χ2n) is 4.97. The number of rotatable bonds is 4. The van der Waals surface area contributed by atoms with Crippen molar-refractivity contribution >= 4 is 12.1 Å². The van der Waals surface area contributed by atoms with Crippen LogP contribution in [-0.2, 0) is 0 Å². The highest BCUT2D eigenvalue weighted by molar-refractivity contribution is 5.93. The van der Waals surface area contributed by atoms with Crippen molar-refractivity contribution in [2.45, 2.75) is 26.7 Å². The second kappa shape index (κ2) is 6.14. The number of hydrazone groups is 1. The predicted octanol–water partition coefficient (Wildman–Crippen LogP) is 2.61. The number of carbonyl (C=O) groups is 1. The summed E-state index contributed by atoms with van der Waals surface area (Å²) in [5.41, 5.74) is 5.85. The highest BCUT2D eigenvalue weighted by Gasteiger charge is 2.10. The van der Waals surface area contributed by atoms with Crippen LogP contribution in [-0.4, -0.2) is 22.3 Å². The first-order valence-corrected chi connectivity index (χ1v) is 6.51. The minimum absolute atomic E-state index is 0.306. The topological polar surface area (TPSA) is 70.1 Å². The normalized spacial score (nSPS) is 11.2. The fourth-order valence-electron chi connectivity index (χ4n) is 1.62. The van der Waals surface area contributed by atoms with E-state index in [1.165, 1.54) is 5.56 Å². The van der Waals surface area contributed by atoms with E-state index in [1.807, 2.05) is 45.0 Å². The average molecular weight is 270 g/mol. The molecule has 104 valence electrons. The van der Waals surface area contributed by atoms with Crippen molar-refractivity contribution in [1.82, 2.24) is 15.6 Å². The number of nitrogens with one attached hydrogen (secondary N) is 2. The summed E-state index contributed by atoms with van der Waals surface area (Å²) < 4.78 is 0. The van der Waals surface area contributed by atoms with E-state index in [-0.39, 0.29) is 5.91 Å². The van der Waals surface area contributed by atoms with Gasteiger partial charge in [0.15, 0.2) is 5.69 Å². The molecule has 1 aromatic carbocycles. The van der Waals surface area contributed by atoms with Gasteiger partial charge in [-0.2, -0.15) is 10.2 Å². The van der Waals surface area contributed by atoms with Gasteiger partial charge in [0.1, 0.15) is 0 Å². The van der Waals surface area contributed by atoms with E-state index >= 15 is 0 Å². The molecule has 0 atom stereocenters. The lowest BCUT2D eigenvalue weighted by Crippen LogP contribution is -2.18. The average Bonchev–Trinajstić information content (AvgIpc) is 2.91. The molecule has 0 saturated carbocycles. The second-order valence-corrected chi connectivity index (χ2v) is 4.97. The largest absolute Gasteiger partial charge is 0.291 e. The van der Waals surface area contributed by atoms with Gasteiger partial charge in [0.25, 0.3) is 5.91 Å². The molecule has 1 heterocycles. The number of carbonyl (C=O) groups excluding carboxylic acids is 1. The van der Waals surface area contributed by atoms with Gasteiger partial charge in [-0.3, -0.25) is 9.89 Å². The summed E-state index contributed by atoms with van der Waals surface area (Å²) in [7, 11) is 0. The van der Waals surface area contributed by atoms with Crippen LogP contribution in [0.2, 0.25) is 0 Å². The smallest absolute Gasteiger partial charge is 0.282 e. The lowest BCUT2D eigenvalue weighted by Gasteiger charge is -1.97. The molecule has 5 nitrogen and oxygen atoms in total. The first-order valence-electron chi connectivity index (χ1n) is 6.51. The van der Waals surface area contributed by atoms with Crippen LogP contribution in [0.5, 0.6) is 0 Å². The molecule has 1 aromatic heterocycles. The SMILES string of the molecule is Cc1ccc(/C=N/NC(=O)c2cc(C(C)C)[nH]n2)cc1. The van der Waals surface area contributed by atoms with E-state index < -0.39 is 0 Å². The van der Waals surface area contributed by atoms with Crippen LogP contribution < -0.4 is 5.43 Å². The predicted molar refractivity (Wildman–Crippen MR) is 78.9 cm³/mol. The molecule has 0 unspecified atom stereocenters. The van der Waals surface area contributed by atoms with E-state index in [0.29, 0.717) is 11.6 Å². The minimum atomic E-state index is -0.323. The fourth-order valence-corrected chi connectivity index (χ4v) is 1.62. The van der Waals surface area contributed by atoms with Gasteiger partial charge < -0.3 is 0 Å². The quantitative estimate of drug-likeness (QED) is 0.662. The summed E-state index contributed by atoms with van der Waals surface area (Å²) in [5.74, 6) is -0.0170. The molecule has 0 aliphatic rings. The summed E-state index contributed by atoms with van der Waals surface area (Å²) in [4.78, 5) is 11.8. The standard InChI is InChI=1S/C15H18N4O/c1-10(2)13-8-14(18-17-13)15(20)19-16-9-12-6-4-11(3)5-7-12/h4-10H,1-3H3,(H,17,18)(H,19,20)/b16-9+. The van der Waals surface area contributed by atoms with E-state index in [0.717, 1.165) is 11.3 Å². The van der Waals surface area contributed by atoms with Crippen LogP contribution in [0.15, 0.2) is 35.4 Å². The van der Waals surface area contributed by atoms with Crippen LogP contribution >= 0.6 is 0 Å². The molecule has 5 heteroatoms. The van der Waals surface area contributed by atoms with Gasteiger partial charge in [-0.25, -0.2) is 5.43 Å². The monoisotopic (exact) mass is 270 g/mol. The molecule has 20 heavy (non-hydrogen) atoms. The molecule has 0 bridgehead atoms. The number of hydrogen-bond donors (Lipinski definition) is 2. The van der Waals surface area contributed by atoms with Crippen LogP contribution in [0, 0.1) is 6.92 Å². The van der Waals surface area contributed by atoms with Crippen molar-refractivity contribution in [3.05, 3.63) is 52.8 Å². The Morgan fingerprint density at radius 3 is 2.65 bits per heavy atom. The maximum Gasteiger partial charge on any atom is 0.291 e. The Balaban J connectivity index is 1.95. The third-order valence-corrected chi connectivity index (χ3v) is 2.91. The van der Waals surface area contributed by atoms with Gasteiger partial charge >= 0.3 is 0 Å². The summed E-state index contributed by atoms with van der Waals surface area (Å²) in [6.07, 6.45) is 1.60. The summed E-state index contributed by atoms with van der Waals surface area (Å²) in [5, 5.41) is 10.7. The van der Waals surface area contributed by atoms with Crippen molar-refractivity contribution in [3.63, 3.8) is 0 Å². The number of aromatic amines is 1. The van der Waals surface area contributed by atoms with E-state index in [4.69, 9.17) is 0 Å². The number of benzene rings is 1. The first-order chi connectivity index (χ1) is 9.56. The summed E-state index contributed by atoms with van der Waals surface area (Å²) >= 11 is 0. The maximum absolute atomic E-state index is 11.8. The number of aryl methyl sites for hydroxylation is 1. The van der Waals surface area contributed by atoms with Gasteiger partial charge in [0, 0.05) is 5.69 Å². The Hall–Kier alpha value is -2.43. The van der Waals surface area contributed by atoms with Gasteiger partial charge in [-0.05, 0) is 24.5 Å². The molecule has 2 rings (SSSR count). The van der Waals surface area contributed by atoms with Gasteiger partial charge in [0.2, 0.25) is 0 Å². The molecule has 0 saturated heterocycles. The maximum atomic E-state index is 11.8. The zero-order valence-corrected chi connectivity index (χ0v) is 11.8. The highest BCUT2D eigenvalue weighted by atomic mass is 16.2. The van der Waals surface area contributed by atoms with E-state index in [2.05, 4.69) is 20.7 Å². The number of amides is 1. The molecule has 2 N–H and O–H groups in total. The molecular weight excluding hydrogens is 252 g/mol. The Kier molecular flexibility index (Phi) is 4.30. The van der Waals surface area contributed by atoms with Gasteiger partial charge in [-0.1, -0.05) is 43.7 Å². The first kappa shape index (κ1) is 14.0. The lowest BCUT2D eigenvalue weighted by atomic mass is 10.1. The number of H-pyrrole nitrogens is 1. The van der Waals surface area contributed by atoms with Crippen LogP contribution in [0.3, 0.4) is 0 Å². The van der Waals surface area contributed by atoms with E-state index in [9.17, 15) is 4.79 Å². The molecule has 1 amide bonds. The zero-order chi connectivity index (χ0) is 14.5. The van der Waals surface area contributed by atoms with Gasteiger partial charge in [0.05, 0.1) is 6.21 Å². The number of aromatic nitrogens is 2. The molecule has 2 aromatic rings. The molecule has 0 aliphatic carbocycles. The Morgan fingerprint density at radius 1 is 1.35 bits per heavy atom. The zero-order valence-electron chi connectivity index (χ0n) is 11.8. The Labute approximate surface area is 118 Å². The molecule has 0 aliphatic heterocycles. The van der Waals surface area contributed by atoms with Crippen molar-refractivity contribution in [3.8, 4) is 0 Å². The molecule has 0 spiro atoms. The third-order valence-electron chi connectivity index (χ3n) is 2.91. The molecule has 0 radical (unpaired) electrons. The molecule has 0 fully saturated rings. The number of nitrogens with zero attached hydrogens (tertiary/aromatic N) is 2. The lowest BCUT2D eigenvalue weighted by molar-refractivity contribution is 0.0950. The van der Waals surface area contributed by atoms with Crippen molar-refractivity contribution in [2.75, 3.05) is 0 Å². The van der Waals surface area contributed by atoms with Crippen LogP contribution in [0.1, 0.15) is 47.1 Å².